The van der Waals surface area contributed by atoms with E-state index in [-0.39, 0.29) is 6.04 Å². The summed E-state index contributed by atoms with van der Waals surface area (Å²) >= 11 is 3.38. The first-order chi connectivity index (χ1) is 7.22. The van der Waals surface area contributed by atoms with E-state index in [9.17, 15) is 0 Å². The minimum absolute atomic E-state index is 0.0851. The molecule has 1 aromatic rings. The quantitative estimate of drug-likeness (QED) is 0.499. The average molecular weight is 269 g/mol. The number of methoxy groups -OCH3 is 1. The third-order valence-corrected chi connectivity index (χ3v) is 2.59. The maximum atomic E-state index is 5.44. The molecule has 3 N–H and O–H groups in total. The fourth-order valence-corrected chi connectivity index (χ4v) is 1.69. The first-order valence-corrected chi connectivity index (χ1v) is 5.25. The molecule has 0 aliphatic carbocycles. The lowest BCUT2D eigenvalue weighted by Crippen LogP contribution is -2.28. The van der Waals surface area contributed by atoms with Crippen molar-refractivity contribution in [2.45, 2.75) is 12.5 Å². The number of halogens is 1. The lowest BCUT2D eigenvalue weighted by molar-refractivity contribution is 0.400. The summed E-state index contributed by atoms with van der Waals surface area (Å²) in [4.78, 5) is 0. The smallest absolute Gasteiger partial charge is 0.124 e. The number of hydrogen-bond acceptors (Lipinski definition) is 3. The van der Waals surface area contributed by atoms with Crippen molar-refractivity contribution in [1.29, 1.82) is 0 Å². The molecule has 0 saturated carbocycles. The van der Waals surface area contributed by atoms with Crippen molar-refractivity contribution < 1.29 is 4.74 Å². The molecule has 4 heteroatoms. The Morgan fingerprint density at radius 3 is 2.93 bits per heavy atom. The zero-order valence-corrected chi connectivity index (χ0v) is 10.0. The van der Waals surface area contributed by atoms with Crippen molar-refractivity contribution in [3.05, 3.63) is 28.2 Å². The van der Waals surface area contributed by atoms with E-state index in [0.29, 0.717) is 6.42 Å². The second-order valence-electron chi connectivity index (χ2n) is 3.01. The molecule has 0 aromatic heterocycles. The van der Waals surface area contributed by atoms with Crippen molar-refractivity contribution in [3.63, 3.8) is 0 Å². The van der Waals surface area contributed by atoms with Gasteiger partial charge in [-0.1, -0.05) is 22.0 Å². The van der Waals surface area contributed by atoms with E-state index in [2.05, 4.69) is 27.3 Å². The van der Waals surface area contributed by atoms with Crippen LogP contribution in [0.3, 0.4) is 0 Å². The molecule has 0 heterocycles. The molecule has 0 amide bonds. The minimum atomic E-state index is -0.0851. The molecule has 0 saturated heterocycles. The number of nitrogens with one attached hydrogen (secondary N) is 1. The maximum absolute atomic E-state index is 5.44. The Bertz CT molecular complexity index is 373. The van der Waals surface area contributed by atoms with Gasteiger partial charge in [-0.15, -0.1) is 12.3 Å². The Hall–Kier alpha value is -1.02. The molecule has 1 unspecified atom stereocenters. The Kier molecular flexibility index (Phi) is 4.63. The fourth-order valence-electron chi connectivity index (χ4n) is 1.35. The Labute approximate surface area is 98.1 Å². The highest BCUT2D eigenvalue weighted by atomic mass is 79.9. The van der Waals surface area contributed by atoms with Gasteiger partial charge in [-0.3, -0.25) is 11.3 Å². The second kappa shape index (κ2) is 5.76. The molecule has 0 bridgehead atoms. The van der Waals surface area contributed by atoms with Crippen LogP contribution < -0.4 is 16.0 Å². The molecule has 15 heavy (non-hydrogen) atoms. The van der Waals surface area contributed by atoms with Gasteiger partial charge in [0.05, 0.1) is 13.2 Å². The van der Waals surface area contributed by atoms with E-state index >= 15 is 0 Å². The number of ether oxygens (including phenoxy) is 1. The lowest BCUT2D eigenvalue weighted by atomic mass is 10.0. The first-order valence-electron chi connectivity index (χ1n) is 4.46. The van der Waals surface area contributed by atoms with Crippen LogP contribution in [-0.4, -0.2) is 7.11 Å². The standard InChI is InChI=1S/C11H13BrN2O/c1-3-4-10(14-13)9-6-5-8(12)7-11(9)15-2/h1,5-7,10,14H,4,13H2,2H3. The van der Waals surface area contributed by atoms with Gasteiger partial charge in [-0.05, 0) is 12.1 Å². The summed E-state index contributed by atoms with van der Waals surface area (Å²) in [6, 6.07) is 5.66. The van der Waals surface area contributed by atoms with Gasteiger partial charge >= 0.3 is 0 Å². The monoisotopic (exact) mass is 268 g/mol. The predicted molar refractivity (Wildman–Crippen MR) is 64.2 cm³/mol. The van der Waals surface area contributed by atoms with Crippen LogP contribution in [0.25, 0.3) is 0 Å². The molecule has 3 nitrogen and oxygen atoms in total. The summed E-state index contributed by atoms with van der Waals surface area (Å²) in [6.45, 7) is 0. The number of benzene rings is 1. The van der Waals surface area contributed by atoms with E-state index < -0.39 is 0 Å². The molecule has 0 fully saturated rings. The van der Waals surface area contributed by atoms with Crippen LogP contribution in [-0.2, 0) is 0 Å². The highest BCUT2D eigenvalue weighted by molar-refractivity contribution is 9.10. The summed E-state index contributed by atoms with van der Waals surface area (Å²) < 4.78 is 6.22. The molecule has 0 aliphatic heterocycles. The van der Waals surface area contributed by atoms with Crippen LogP contribution in [0.4, 0.5) is 0 Å². The van der Waals surface area contributed by atoms with Gasteiger partial charge in [-0.25, -0.2) is 0 Å². The highest BCUT2D eigenvalue weighted by Crippen LogP contribution is 2.29. The molecule has 1 atom stereocenters. The van der Waals surface area contributed by atoms with E-state index in [0.717, 1.165) is 15.8 Å². The normalized spacial score (nSPS) is 11.9. The Balaban J connectivity index is 3.06. The molecule has 0 aliphatic rings. The lowest BCUT2D eigenvalue weighted by Gasteiger charge is -2.17. The number of hydrazine groups is 1. The Morgan fingerprint density at radius 1 is 1.67 bits per heavy atom. The van der Waals surface area contributed by atoms with Gasteiger partial charge in [0.1, 0.15) is 5.75 Å². The van der Waals surface area contributed by atoms with Gasteiger partial charge in [0, 0.05) is 16.5 Å². The average Bonchev–Trinajstić information content (AvgIpc) is 2.26. The summed E-state index contributed by atoms with van der Waals surface area (Å²) in [7, 11) is 1.62. The summed E-state index contributed by atoms with van der Waals surface area (Å²) in [5, 5.41) is 0. The van der Waals surface area contributed by atoms with Gasteiger partial charge < -0.3 is 4.74 Å². The van der Waals surface area contributed by atoms with Crippen LogP contribution in [0.15, 0.2) is 22.7 Å². The van der Waals surface area contributed by atoms with E-state index in [1.54, 1.807) is 7.11 Å². The molecule has 0 spiro atoms. The molecular formula is C11H13BrN2O. The Morgan fingerprint density at radius 2 is 2.40 bits per heavy atom. The largest absolute Gasteiger partial charge is 0.496 e. The van der Waals surface area contributed by atoms with Crippen molar-refractivity contribution in [3.8, 4) is 18.1 Å². The molecule has 0 radical (unpaired) electrons. The van der Waals surface area contributed by atoms with Crippen LogP contribution in [0.2, 0.25) is 0 Å². The van der Waals surface area contributed by atoms with Gasteiger partial charge in [-0.2, -0.15) is 0 Å². The number of nitrogens with two attached hydrogens (primary N) is 1. The first kappa shape index (κ1) is 12.1. The number of rotatable bonds is 4. The van der Waals surface area contributed by atoms with Crippen LogP contribution in [0, 0.1) is 12.3 Å². The zero-order valence-electron chi connectivity index (χ0n) is 8.46. The number of hydrogen-bond donors (Lipinski definition) is 2. The molecule has 80 valence electrons. The van der Waals surface area contributed by atoms with Crippen molar-refractivity contribution in [2.24, 2.45) is 5.84 Å². The second-order valence-corrected chi connectivity index (χ2v) is 3.93. The molecule has 1 aromatic carbocycles. The SMILES string of the molecule is C#CCC(NN)c1ccc(Br)cc1OC. The van der Waals surface area contributed by atoms with E-state index in [4.69, 9.17) is 17.0 Å². The van der Waals surface area contributed by atoms with E-state index in [1.165, 1.54) is 0 Å². The van der Waals surface area contributed by atoms with Crippen LogP contribution >= 0.6 is 15.9 Å². The fraction of sp³-hybridized carbons (Fsp3) is 0.273. The third-order valence-electron chi connectivity index (χ3n) is 2.09. The summed E-state index contributed by atoms with van der Waals surface area (Å²) in [5.41, 5.74) is 3.64. The summed E-state index contributed by atoms with van der Waals surface area (Å²) in [6.07, 6.45) is 5.79. The van der Waals surface area contributed by atoms with Crippen LogP contribution in [0.1, 0.15) is 18.0 Å². The number of terminal acetylenes is 1. The molecule has 1 rings (SSSR count). The van der Waals surface area contributed by atoms with Crippen molar-refractivity contribution >= 4 is 15.9 Å². The maximum Gasteiger partial charge on any atom is 0.124 e. The van der Waals surface area contributed by atoms with Gasteiger partial charge in [0.15, 0.2) is 0 Å². The predicted octanol–water partition coefficient (Wildman–Crippen LogP) is 1.99. The minimum Gasteiger partial charge on any atom is -0.496 e. The van der Waals surface area contributed by atoms with E-state index in [1.807, 2.05) is 18.2 Å². The third kappa shape index (κ3) is 2.96. The van der Waals surface area contributed by atoms with Crippen molar-refractivity contribution in [1.82, 2.24) is 5.43 Å². The summed E-state index contributed by atoms with van der Waals surface area (Å²) in [5.74, 6) is 8.78. The molecular weight excluding hydrogens is 256 g/mol. The van der Waals surface area contributed by atoms with Crippen LogP contribution in [0.5, 0.6) is 5.75 Å². The van der Waals surface area contributed by atoms with Gasteiger partial charge in [0.2, 0.25) is 0 Å². The zero-order chi connectivity index (χ0) is 11.3. The van der Waals surface area contributed by atoms with Gasteiger partial charge in [0.25, 0.3) is 0 Å². The topological polar surface area (TPSA) is 47.3 Å². The van der Waals surface area contributed by atoms with Crippen molar-refractivity contribution in [2.75, 3.05) is 7.11 Å². The highest BCUT2D eigenvalue weighted by Gasteiger charge is 2.13.